The number of rotatable bonds is 10. The normalized spacial score (nSPS) is 23.8. The second kappa shape index (κ2) is 9.85. The molecule has 146 valence electrons. The highest BCUT2D eigenvalue weighted by molar-refractivity contribution is 7.55. The molecule has 1 aliphatic rings. The summed E-state index contributed by atoms with van der Waals surface area (Å²) in [6.07, 6.45) is 13.0. The summed E-state index contributed by atoms with van der Waals surface area (Å²) in [5.41, 5.74) is 8.38. The van der Waals surface area contributed by atoms with Gasteiger partial charge in [-0.2, -0.15) is 0 Å². The van der Waals surface area contributed by atoms with Crippen LogP contribution in [-0.2, 0) is 11.0 Å². The number of nitrogens with two attached hydrogens (primary N) is 1. The summed E-state index contributed by atoms with van der Waals surface area (Å²) in [7, 11) is -4.14. The summed E-state index contributed by atoms with van der Waals surface area (Å²) in [4.78, 5) is 18.0. The molecule has 1 aliphatic carbocycles. The quantitative estimate of drug-likeness (QED) is 0.383. The van der Waals surface area contributed by atoms with E-state index in [-0.39, 0.29) is 0 Å². The van der Waals surface area contributed by atoms with Crippen LogP contribution in [0.25, 0.3) is 0 Å². The smallest absolute Gasteiger partial charge is 0.322 e. The van der Waals surface area contributed by atoms with Crippen molar-refractivity contribution in [2.75, 3.05) is 0 Å². The van der Waals surface area contributed by atoms with Crippen LogP contribution in [0.4, 0.5) is 0 Å². The Balaban J connectivity index is 1.81. The van der Waals surface area contributed by atoms with Crippen LogP contribution in [0, 0.1) is 0 Å². The summed E-state index contributed by atoms with van der Waals surface area (Å²) in [6.45, 7) is 2.24. The molecule has 0 radical (unpaired) electrons. The van der Waals surface area contributed by atoms with Crippen molar-refractivity contribution >= 4 is 7.60 Å². The van der Waals surface area contributed by atoms with E-state index in [1.807, 2.05) is 0 Å². The first-order valence-corrected chi connectivity index (χ1v) is 11.6. The van der Waals surface area contributed by atoms with E-state index in [1.54, 1.807) is 0 Å². The third kappa shape index (κ3) is 7.36. The summed E-state index contributed by atoms with van der Waals surface area (Å²) in [6, 6.07) is 8.86. The molecule has 26 heavy (non-hydrogen) atoms. The van der Waals surface area contributed by atoms with Crippen LogP contribution >= 0.6 is 7.60 Å². The van der Waals surface area contributed by atoms with Crippen LogP contribution in [0.2, 0.25) is 0 Å². The average Bonchev–Trinajstić information content (AvgIpc) is 2.99. The molecule has 0 saturated heterocycles. The molecule has 0 heterocycles. The van der Waals surface area contributed by atoms with Crippen molar-refractivity contribution in [1.82, 2.24) is 0 Å². The topological polar surface area (TPSA) is 83.6 Å². The zero-order valence-electron chi connectivity index (χ0n) is 15.9. The van der Waals surface area contributed by atoms with Gasteiger partial charge in [0.05, 0.1) is 0 Å². The first-order valence-electron chi connectivity index (χ1n) is 9.95. The minimum Gasteiger partial charge on any atom is -0.322 e. The van der Waals surface area contributed by atoms with Gasteiger partial charge < -0.3 is 15.5 Å². The summed E-state index contributed by atoms with van der Waals surface area (Å²) in [5, 5.41) is 0. The number of hydrogen-bond acceptors (Lipinski definition) is 2. The van der Waals surface area contributed by atoms with Crippen LogP contribution in [0.15, 0.2) is 36.2 Å². The minimum absolute atomic E-state index is 0.365. The predicted octanol–water partition coefficient (Wildman–Crippen LogP) is 5.25. The van der Waals surface area contributed by atoms with Gasteiger partial charge in [-0.05, 0) is 49.1 Å². The number of hydrogen-bond donors (Lipinski definition) is 3. The van der Waals surface area contributed by atoms with E-state index in [4.69, 9.17) is 15.5 Å². The lowest BCUT2D eigenvalue weighted by Gasteiger charge is -2.20. The molecule has 2 rings (SSSR count). The molecule has 2 atom stereocenters. The van der Waals surface area contributed by atoms with Gasteiger partial charge in [0.25, 0.3) is 0 Å². The van der Waals surface area contributed by atoms with Crippen LogP contribution in [0.5, 0.6) is 0 Å². The molecule has 1 saturated carbocycles. The molecule has 1 aromatic rings. The zero-order chi connectivity index (χ0) is 19.0. The van der Waals surface area contributed by atoms with E-state index in [0.717, 1.165) is 31.5 Å². The summed E-state index contributed by atoms with van der Waals surface area (Å²) in [5.74, 6) is 1.32. The Morgan fingerprint density at radius 2 is 1.81 bits per heavy atom. The Labute approximate surface area is 158 Å². The van der Waals surface area contributed by atoms with Crippen LogP contribution in [-0.4, -0.2) is 15.3 Å². The van der Waals surface area contributed by atoms with E-state index in [0.29, 0.717) is 5.92 Å². The Morgan fingerprint density at radius 3 is 2.46 bits per heavy atom. The third-order valence-corrected chi connectivity index (χ3v) is 5.99. The van der Waals surface area contributed by atoms with Crippen LogP contribution in [0.3, 0.4) is 0 Å². The second-order valence-corrected chi connectivity index (χ2v) is 9.31. The Hall–Kier alpha value is -0.930. The maximum atomic E-state index is 11.0. The van der Waals surface area contributed by atoms with Crippen molar-refractivity contribution in [2.24, 2.45) is 5.73 Å². The minimum atomic E-state index is -4.14. The highest BCUT2D eigenvalue weighted by Gasteiger charge is 2.34. The van der Waals surface area contributed by atoms with Gasteiger partial charge in [0.15, 0.2) is 0 Å². The van der Waals surface area contributed by atoms with Crippen molar-refractivity contribution in [3.05, 3.63) is 47.3 Å². The third-order valence-electron chi connectivity index (χ3n) is 5.46. The van der Waals surface area contributed by atoms with Crippen molar-refractivity contribution in [3.8, 4) is 0 Å². The Bertz CT molecular complexity index is 623. The van der Waals surface area contributed by atoms with Gasteiger partial charge in [0.1, 0.15) is 0 Å². The molecule has 0 amide bonds. The summed E-state index contributed by atoms with van der Waals surface area (Å²) >= 11 is 0. The molecule has 1 aromatic carbocycles. The zero-order valence-corrected chi connectivity index (χ0v) is 16.8. The first-order chi connectivity index (χ1) is 12.3. The van der Waals surface area contributed by atoms with Gasteiger partial charge in [-0.15, -0.1) is 0 Å². The fourth-order valence-corrected chi connectivity index (χ4v) is 4.34. The highest BCUT2D eigenvalue weighted by atomic mass is 31.2. The van der Waals surface area contributed by atoms with E-state index in [2.05, 4.69) is 31.2 Å². The molecular weight excluding hydrogens is 345 g/mol. The maximum absolute atomic E-state index is 11.0. The Kier molecular flexibility index (Phi) is 8.09. The fourth-order valence-electron chi connectivity index (χ4n) is 3.85. The standard InChI is InChI=1S/C21H34NO3P/c1-2-3-4-5-6-7-8-18-9-11-19(12-10-18)20-13-14-21(22,17-20)15-16-26(23,24)25/h9-12,15-16,20H,2-8,13-14,17,22H2,1H3,(H2,23,24,25)/b16-15+/t20-,21-/m0/s1. The lowest BCUT2D eigenvalue weighted by molar-refractivity contribution is 0.385. The molecule has 4 N–H and O–H groups in total. The first kappa shape index (κ1) is 21.4. The van der Waals surface area contributed by atoms with Crippen molar-refractivity contribution in [3.63, 3.8) is 0 Å². The second-order valence-electron chi connectivity index (χ2n) is 7.84. The molecule has 0 spiro atoms. The van der Waals surface area contributed by atoms with Crippen molar-refractivity contribution in [1.29, 1.82) is 0 Å². The number of unbranched alkanes of at least 4 members (excludes halogenated alkanes) is 5. The lowest BCUT2D eigenvalue weighted by Crippen LogP contribution is -2.34. The van der Waals surface area contributed by atoms with Crippen molar-refractivity contribution < 1.29 is 14.4 Å². The van der Waals surface area contributed by atoms with E-state index in [9.17, 15) is 4.57 Å². The van der Waals surface area contributed by atoms with Gasteiger partial charge >= 0.3 is 7.60 Å². The molecule has 0 bridgehead atoms. The largest absolute Gasteiger partial charge is 0.348 e. The van der Waals surface area contributed by atoms with Gasteiger partial charge in [0, 0.05) is 11.4 Å². The molecule has 0 aliphatic heterocycles. The van der Waals surface area contributed by atoms with Gasteiger partial charge in [-0.1, -0.05) is 69.4 Å². The van der Waals surface area contributed by atoms with Gasteiger partial charge in [-0.25, -0.2) is 0 Å². The van der Waals surface area contributed by atoms with Crippen LogP contribution in [0.1, 0.15) is 81.8 Å². The molecule has 0 aromatic heterocycles. The van der Waals surface area contributed by atoms with Gasteiger partial charge in [0.2, 0.25) is 0 Å². The molecule has 4 nitrogen and oxygen atoms in total. The highest BCUT2D eigenvalue weighted by Crippen LogP contribution is 2.43. The lowest BCUT2D eigenvalue weighted by atomic mass is 9.92. The van der Waals surface area contributed by atoms with Crippen molar-refractivity contribution in [2.45, 2.75) is 82.6 Å². The monoisotopic (exact) mass is 379 g/mol. The molecule has 5 heteroatoms. The predicted molar refractivity (Wildman–Crippen MR) is 108 cm³/mol. The number of benzene rings is 1. The Morgan fingerprint density at radius 1 is 1.15 bits per heavy atom. The molecule has 0 unspecified atom stereocenters. The molecule has 1 fully saturated rings. The van der Waals surface area contributed by atoms with E-state index >= 15 is 0 Å². The van der Waals surface area contributed by atoms with Crippen LogP contribution < -0.4 is 5.73 Å². The average molecular weight is 379 g/mol. The van der Waals surface area contributed by atoms with E-state index in [1.165, 1.54) is 55.7 Å². The summed E-state index contributed by atoms with van der Waals surface area (Å²) < 4.78 is 11.0. The fraction of sp³-hybridized carbons (Fsp3) is 0.619. The SMILES string of the molecule is CCCCCCCCc1ccc([C@H]2CC[C@](N)(/C=C/P(=O)(O)O)C2)cc1. The maximum Gasteiger partial charge on any atom is 0.348 e. The van der Waals surface area contributed by atoms with E-state index < -0.39 is 13.1 Å². The number of aryl methyl sites for hydroxylation is 1. The molecular formula is C21H34NO3P. The van der Waals surface area contributed by atoms with Gasteiger partial charge in [-0.3, -0.25) is 4.57 Å².